The third-order valence-electron chi connectivity index (χ3n) is 4.01. The summed E-state index contributed by atoms with van der Waals surface area (Å²) < 4.78 is 5.69. The first-order valence-corrected chi connectivity index (χ1v) is 7.52. The molecule has 2 fully saturated rings. The Bertz CT molecular complexity index is 272. The first-order chi connectivity index (χ1) is 9.29. The van der Waals surface area contributed by atoms with E-state index >= 15 is 0 Å². The number of aliphatic hydroxyl groups excluding tert-OH is 1. The predicted octanol–water partition coefficient (Wildman–Crippen LogP) is 0.472. The molecule has 0 radical (unpaired) electrons. The number of rotatable bonds is 6. The van der Waals surface area contributed by atoms with Gasteiger partial charge in [-0.3, -0.25) is 9.69 Å². The number of hydrogen-bond donors (Lipinski definition) is 1. The van der Waals surface area contributed by atoms with E-state index in [9.17, 15) is 4.79 Å². The normalized spacial score (nSPS) is 22.1. The summed E-state index contributed by atoms with van der Waals surface area (Å²) in [4.78, 5) is 16.3. The summed E-state index contributed by atoms with van der Waals surface area (Å²) in [6, 6.07) is 0. The van der Waals surface area contributed by atoms with Gasteiger partial charge < -0.3 is 14.7 Å². The second kappa shape index (κ2) is 7.82. The van der Waals surface area contributed by atoms with Gasteiger partial charge >= 0.3 is 0 Å². The maximum atomic E-state index is 12.0. The monoisotopic (exact) mass is 270 g/mol. The largest absolute Gasteiger partial charge is 0.396 e. The molecule has 5 nitrogen and oxygen atoms in total. The lowest BCUT2D eigenvalue weighted by Crippen LogP contribution is -2.44. The van der Waals surface area contributed by atoms with Gasteiger partial charge in [0, 0.05) is 39.4 Å². The van der Waals surface area contributed by atoms with Crippen molar-refractivity contribution in [3.05, 3.63) is 0 Å². The highest BCUT2D eigenvalue weighted by molar-refractivity contribution is 5.78. The van der Waals surface area contributed by atoms with E-state index in [1.807, 2.05) is 4.90 Å². The lowest BCUT2D eigenvalue weighted by atomic mass is 10.1. The number of nitrogens with zero attached hydrogens (tertiary/aromatic N) is 2. The molecular formula is C14H26N2O3. The van der Waals surface area contributed by atoms with E-state index in [2.05, 4.69) is 4.90 Å². The van der Waals surface area contributed by atoms with E-state index in [-0.39, 0.29) is 12.5 Å². The molecule has 5 heteroatoms. The molecule has 110 valence electrons. The van der Waals surface area contributed by atoms with E-state index in [0.29, 0.717) is 25.7 Å². The van der Waals surface area contributed by atoms with Crippen molar-refractivity contribution in [3.63, 3.8) is 0 Å². The minimum atomic E-state index is 0.198. The smallest absolute Gasteiger partial charge is 0.236 e. The van der Waals surface area contributed by atoms with Crippen LogP contribution < -0.4 is 0 Å². The maximum Gasteiger partial charge on any atom is 0.236 e. The Hall–Kier alpha value is -0.650. The highest BCUT2D eigenvalue weighted by Gasteiger charge is 2.24. The minimum absolute atomic E-state index is 0.198. The molecular weight excluding hydrogens is 244 g/mol. The molecule has 19 heavy (non-hydrogen) atoms. The third kappa shape index (κ3) is 4.75. The first-order valence-electron chi connectivity index (χ1n) is 7.52. The molecule has 0 aromatic rings. The Labute approximate surface area is 115 Å². The average molecular weight is 270 g/mol. The van der Waals surface area contributed by atoms with Gasteiger partial charge in [-0.05, 0) is 32.1 Å². The fourth-order valence-electron chi connectivity index (χ4n) is 2.81. The van der Waals surface area contributed by atoms with E-state index in [0.717, 1.165) is 51.9 Å². The van der Waals surface area contributed by atoms with Crippen LogP contribution in [0.15, 0.2) is 0 Å². The Morgan fingerprint density at radius 2 is 1.84 bits per heavy atom. The second-order valence-corrected chi connectivity index (χ2v) is 5.51. The van der Waals surface area contributed by atoms with Crippen LogP contribution >= 0.6 is 0 Å². The number of hydrogen-bond acceptors (Lipinski definition) is 4. The van der Waals surface area contributed by atoms with Crippen LogP contribution in [0.25, 0.3) is 0 Å². The number of carbonyl (C=O) groups is 1. The molecule has 2 aliphatic rings. The van der Waals surface area contributed by atoms with Crippen LogP contribution in [0.2, 0.25) is 0 Å². The van der Waals surface area contributed by atoms with E-state index < -0.39 is 0 Å². The molecule has 2 rings (SSSR count). The number of likely N-dealkylation sites (tertiary alicyclic amines) is 2. The van der Waals surface area contributed by atoms with Crippen LogP contribution in [-0.4, -0.2) is 72.9 Å². The zero-order valence-corrected chi connectivity index (χ0v) is 11.7. The summed E-state index contributed by atoms with van der Waals surface area (Å²) in [6.07, 6.45) is 5.34. The Morgan fingerprint density at radius 1 is 1.16 bits per heavy atom. The van der Waals surface area contributed by atoms with Crippen LogP contribution in [0, 0.1) is 0 Å². The molecule has 1 amide bonds. The van der Waals surface area contributed by atoms with Gasteiger partial charge in [-0.2, -0.15) is 0 Å². The zero-order valence-electron chi connectivity index (χ0n) is 11.7. The molecule has 0 aliphatic carbocycles. The van der Waals surface area contributed by atoms with Crippen LogP contribution in [-0.2, 0) is 9.53 Å². The highest BCUT2D eigenvalue weighted by atomic mass is 16.5. The SMILES string of the molecule is O=C(CN1CCC(OCCCO)CC1)N1CCCC1. The molecule has 0 atom stereocenters. The summed E-state index contributed by atoms with van der Waals surface area (Å²) in [7, 11) is 0. The van der Waals surface area contributed by atoms with Crippen molar-refractivity contribution in [3.8, 4) is 0 Å². The minimum Gasteiger partial charge on any atom is -0.396 e. The van der Waals surface area contributed by atoms with Crippen LogP contribution in [0.5, 0.6) is 0 Å². The van der Waals surface area contributed by atoms with E-state index in [4.69, 9.17) is 9.84 Å². The summed E-state index contributed by atoms with van der Waals surface area (Å²) in [5.74, 6) is 0.289. The zero-order chi connectivity index (χ0) is 13.5. The molecule has 0 spiro atoms. The molecule has 0 bridgehead atoms. The first kappa shape index (κ1) is 14.8. The summed E-state index contributed by atoms with van der Waals surface area (Å²) >= 11 is 0. The average Bonchev–Trinajstić information content (AvgIpc) is 2.95. The van der Waals surface area contributed by atoms with Crippen molar-refractivity contribution >= 4 is 5.91 Å². The fourth-order valence-corrected chi connectivity index (χ4v) is 2.81. The van der Waals surface area contributed by atoms with E-state index in [1.54, 1.807) is 0 Å². The molecule has 0 aromatic heterocycles. The second-order valence-electron chi connectivity index (χ2n) is 5.51. The standard InChI is InChI=1S/C14H26N2O3/c17-10-3-11-19-13-4-8-15(9-5-13)12-14(18)16-6-1-2-7-16/h13,17H,1-12H2. The molecule has 1 N–H and O–H groups in total. The van der Waals surface area contributed by atoms with Gasteiger partial charge in [-0.25, -0.2) is 0 Å². The van der Waals surface area contributed by atoms with Crippen molar-refractivity contribution in [1.29, 1.82) is 0 Å². The number of carbonyl (C=O) groups excluding carboxylic acids is 1. The van der Waals surface area contributed by atoms with Gasteiger partial charge in [0.25, 0.3) is 0 Å². The summed E-state index contributed by atoms with van der Waals surface area (Å²) in [5.41, 5.74) is 0. The predicted molar refractivity (Wildman–Crippen MR) is 72.9 cm³/mol. The number of aliphatic hydroxyl groups is 1. The van der Waals surface area contributed by atoms with Crippen molar-refractivity contribution < 1.29 is 14.6 Å². The lowest BCUT2D eigenvalue weighted by molar-refractivity contribution is -0.132. The van der Waals surface area contributed by atoms with Gasteiger partial charge in [0.1, 0.15) is 0 Å². The van der Waals surface area contributed by atoms with Crippen molar-refractivity contribution in [2.24, 2.45) is 0 Å². The fraction of sp³-hybridized carbons (Fsp3) is 0.929. The molecule has 0 aromatic carbocycles. The Morgan fingerprint density at radius 3 is 2.47 bits per heavy atom. The third-order valence-corrected chi connectivity index (χ3v) is 4.01. The van der Waals surface area contributed by atoms with Gasteiger partial charge in [-0.1, -0.05) is 0 Å². The maximum absolute atomic E-state index is 12.0. The van der Waals surface area contributed by atoms with Crippen LogP contribution in [0.1, 0.15) is 32.1 Å². The summed E-state index contributed by atoms with van der Waals surface area (Å²) in [6.45, 7) is 5.20. The van der Waals surface area contributed by atoms with Gasteiger partial charge in [0.05, 0.1) is 12.6 Å². The Balaban J connectivity index is 1.61. The number of piperidine rings is 1. The molecule has 2 aliphatic heterocycles. The van der Waals surface area contributed by atoms with Gasteiger partial charge in [0.15, 0.2) is 0 Å². The van der Waals surface area contributed by atoms with Crippen LogP contribution in [0.3, 0.4) is 0 Å². The molecule has 0 saturated carbocycles. The van der Waals surface area contributed by atoms with Gasteiger partial charge in [0.2, 0.25) is 5.91 Å². The topological polar surface area (TPSA) is 53.0 Å². The number of ether oxygens (including phenoxy) is 1. The Kier molecular flexibility index (Phi) is 6.07. The van der Waals surface area contributed by atoms with Crippen molar-refractivity contribution in [2.45, 2.75) is 38.2 Å². The van der Waals surface area contributed by atoms with Gasteiger partial charge in [-0.15, -0.1) is 0 Å². The number of amides is 1. The highest BCUT2D eigenvalue weighted by Crippen LogP contribution is 2.15. The molecule has 2 saturated heterocycles. The van der Waals surface area contributed by atoms with Crippen molar-refractivity contribution in [1.82, 2.24) is 9.80 Å². The van der Waals surface area contributed by atoms with E-state index in [1.165, 1.54) is 0 Å². The summed E-state index contributed by atoms with van der Waals surface area (Å²) in [5, 5.41) is 8.71. The lowest BCUT2D eigenvalue weighted by Gasteiger charge is -2.32. The van der Waals surface area contributed by atoms with Crippen molar-refractivity contribution in [2.75, 3.05) is 45.9 Å². The quantitative estimate of drug-likeness (QED) is 0.713. The molecule has 0 unspecified atom stereocenters. The molecule has 2 heterocycles. The van der Waals surface area contributed by atoms with Crippen LogP contribution in [0.4, 0.5) is 0 Å².